The Bertz CT molecular complexity index is 97.2. The van der Waals surface area contributed by atoms with Crippen LogP contribution in [0, 0.1) is 0 Å². The van der Waals surface area contributed by atoms with Crippen molar-refractivity contribution in [3.63, 3.8) is 0 Å². The van der Waals surface area contributed by atoms with Crippen molar-refractivity contribution in [2.75, 3.05) is 13.7 Å². The maximum absolute atomic E-state index is 8.72. The van der Waals surface area contributed by atoms with Gasteiger partial charge in [-0.1, -0.05) is 0 Å². The lowest BCUT2D eigenvalue weighted by molar-refractivity contribution is -0.0205. The summed E-state index contributed by atoms with van der Waals surface area (Å²) in [6, 6.07) is -0.276. The van der Waals surface area contributed by atoms with Gasteiger partial charge in [-0.05, 0) is 6.42 Å². The van der Waals surface area contributed by atoms with Crippen molar-refractivity contribution in [2.24, 2.45) is 0 Å². The molecular weight excluding hydrogens is 131 g/mol. The summed E-state index contributed by atoms with van der Waals surface area (Å²) in [5.74, 6) is 0. The van der Waals surface area contributed by atoms with E-state index in [1.165, 1.54) is 0 Å². The van der Waals surface area contributed by atoms with Crippen LogP contribution in [0.4, 0.5) is 0 Å². The van der Waals surface area contributed by atoms with E-state index in [0.29, 0.717) is 6.42 Å². The Kier molecular flexibility index (Phi) is 2.71. The van der Waals surface area contributed by atoms with E-state index in [1.807, 2.05) is 0 Å². The van der Waals surface area contributed by atoms with Gasteiger partial charge < -0.3 is 14.6 Å². The highest BCUT2D eigenvalue weighted by molar-refractivity contribution is 6.11. The van der Waals surface area contributed by atoms with E-state index >= 15 is 0 Å². The van der Waals surface area contributed by atoms with Crippen LogP contribution in [0.5, 0.6) is 0 Å². The molecule has 0 saturated carbocycles. The molecule has 10 heavy (non-hydrogen) atoms. The molecule has 0 aromatic carbocycles. The lowest BCUT2D eigenvalue weighted by atomic mass is 9.96. The summed E-state index contributed by atoms with van der Waals surface area (Å²) in [4.78, 5) is 0. The Hall–Kier alpha value is -0.0551. The normalized spacial score (nSPS) is 40.4. The molecule has 1 heterocycles. The summed E-state index contributed by atoms with van der Waals surface area (Å²) < 4.78 is 10.1. The van der Waals surface area contributed by atoms with Crippen molar-refractivity contribution in [1.82, 2.24) is 0 Å². The molecule has 3 atom stereocenters. The van der Waals surface area contributed by atoms with E-state index in [0.717, 1.165) is 0 Å². The van der Waals surface area contributed by atoms with Gasteiger partial charge in [-0.2, -0.15) is 0 Å². The molecule has 1 fully saturated rings. The van der Waals surface area contributed by atoms with Gasteiger partial charge in [-0.15, -0.1) is 0 Å². The second-order valence-electron chi connectivity index (χ2n) is 2.41. The number of hydrogen-bond acceptors (Lipinski definition) is 3. The maximum atomic E-state index is 8.72. The first-order valence-electron chi connectivity index (χ1n) is 3.32. The van der Waals surface area contributed by atoms with Crippen molar-refractivity contribution in [3.05, 3.63) is 0 Å². The Labute approximate surface area is 61.7 Å². The fourth-order valence-corrected chi connectivity index (χ4v) is 1.16. The van der Waals surface area contributed by atoms with Crippen LogP contribution < -0.4 is 0 Å². The van der Waals surface area contributed by atoms with Crippen LogP contribution in [0.15, 0.2) is 0 Å². The van der Waals surface area contributed by atoms with Gasteiger partial charge in [0.15, 0.2) is 0 Å². The van der Waals surface area contributed by atoms with Crippen LogP contribution in [-0.4, -0.2) is 44.9 Å². The van der Waals surface area contributed by atoms with Gasteiger partial charge >= 0.3 is 0 Å². The minimum Gasteiger partial charge on any atom is -0.394 e. The van der Waals surface area contributed by atoms with Gasteiger partial charge in [0.1, 0.15) is 14.0 Å². The largest absolute Gasteiger partial charge is 0.394 e. The van der Waals surface area contributed by atoms with Gasteiger partial charge in [0, 0.05) is 13.1 Å². The summed E-state index contributed by atoms with van der Waals surface area (Å²) in [7, 11) is 7.05. The predicted molar refractivity (Wildman–Crippen MR) is 36.9 cm³/mol. The molecule has 3 nitrogen and oxygen atoms in total. The number of methoxy groups -OCH3 is 1. The minimum absolute atomic E-state index is 0.0216. The lowest BCUT2D eigenvalue weighted by Crippen LogP contribution is -2.26. The first-order valence-corrected chi connectivity index (χ1v) is 3.32. The number of ether oxygens (including phenoxy) is 2. The molecule has 2 radical (unpaired) electrons. The minimum atomic E-state index is -0.276. The molecule has 1 saturated heterocycles. The van der Waals surface area contributed by atoms with Crippen molar-refractivity contribution in [3.8, 4) is 0 Å². The molecule has 4 heteroatoms. The number of hydrogen-bond donors (Lipinski definition) is 1. The number of aliphatic hydroxyl groups is 1. The maximum Gasteiger partial charge on any atom is 0.109 e. The molecule has 1 aliphatic rings. The molecule has 0 aromatic rings. The number of aliphatic hydroxyl groups excluding tert-OH is 1. The molecule has 0 bridgehead atoms. The zero-order valence-electron chi connectivity index (χ0n) is 5.99. The highest BCUT2D eigenvalue weighted by atomic mass is 16.6. The number of rotatable bonds is 2. The topological polar surface area (TPSA) is 38.7 Å². The first kappa shape index (κ1) is 8.05. The van der Waals surface area contributed by atoms with Crippen molar-refractivity contribution in [2.45, 2.75) is 24.6 Å². The molecule has 1 N–H and O–H groups in total. The van der Waals surface area contributed by atoms with Gasteiger partial charge in [-0.25, -0.2) is 0 Å². The quantitative estimate of drug-likeness (QED) is 0.517. The summed E-state index contributed by atoms with van der Waals surface area (Å²) in [6.07, 6.45) is 0.391. The Balaban J connectivity index is 2.41. The van der Waals surface area contributed by atoms with Crippen LogP contribution in [0.25, 0.3) is 0 Å². The zero-order chi connectivity index (χ0) is 7.56. The van der Waals surface area contributed by atoms with Crippen LogP contribution in [-0.2, 0) is 9.47 Å². The highest BCUT2D eigenvalue weighted by Crippen LogP contribution is 2.19. The summed E-state index contributed by atoms with van der Waals surface area (Å²) >= 11 is 0. The average Bonchev–Trinajstić information content (AvgIpc) is 2.30. The monoisotopic (exact) mass is 142 g/mol. The van der Waals surface area contributed by atoms with Gasteiger partial charge in [0.2, 0.25) is 0 Å². The fourth-order valence-electron chi connectivity index (χ4n) is 1.16. The van der Waals surface area contributed by atoms with E-state index in [1.54, 1.807) is 7.11 Å². The predicted octanol–water partition coefficient (Wildman–Crippen LogP) is -0.723. The standard InChI is InChI=1S/C6H11BO3/c1-9-4-2-6(7)10-5(4)3-8/h4-6,8H,2-3H2,1H3. The summed E-state index contributed by atoms with van der Waals surface area (Å²) in [6.45, 7) is -0.0216. The third-order valence-electron chi connectivity index (χ3n) is 1.71. The first-order chi connectivity index (χ1) is 4.77. The van der Waals surface area contributed by atoms with Crippen LogP contribution in [0.1, 0.15) is 6.42 Å². The van der Waals surface area contributed by atoms with Gasteiger partial charge in [-0.3, -0.25) is 0 Å². The second kappa shape index (κ2) is 3.37. The Morgan fingerprint density at radius 3 is 2.90 bits per heavy atom. The smallest absolute Gasteiger partial charge is 0.109 e. The van der Waals surface area contributed by atoms with E-state index in [2.05, 4.69) is 0 Å². The van der Waals surface area contributed by atoms with E-state index in [9.17, 15) is 0 Å². The van der Waals surface area contributed by atoms with Crippen molar-refractivity contribution >= 4 is 7.85 Å². The highest BCUT2D eigenvalue weighted by Gasteiger charge is 2.31. The van der Waals surface area contributed by atoms with Crippen molar-refractivity contribution < 1.29 is 14.6 Å². The molecule has 0 amide bonds. The second-order valence-corrected chi connectivity index (χ2v) is 2.41. The van der Waals surface area contributed by atoms with Crippen molar-refractivity contribution in [1.29, 1.82) is 0 Å². The molecule has 3 unspecified atom stereocenters. The zero-order valence-corrected chi connectivity index (χ0v) is 5.99. The molecule has 0 spiro atoms. The Morgan fingerprint density at radius 1 is 1.80 bits per heavy atom. The molecule has 56 valence electrons. The average molecular weight is 142 g/mol. The summed E-state index contributed by atoms with van der Waals surface area (Å²) in [5, 5.41) is 8.72. The van der Waals surface area contributed by atoms with E-state index in [-0.39, 0.29) is 24.8 Å². The van der Waals surface area contributed by atoms with E-state index in [4.69, 9.17) is 22.4 Å². The molecule has 1 aliphatic heterocycles. The summed E-state index contributed by atoms with van der Waals surface area (Å²) in [5.41, 5.74) is 0. The SMILES string of the molecule is [B]C1CC(OC)C(CO)O1. The third kappa shape index (κ3) is 1.51. The van der Waals surface area contributed by atoms with E-state index < -0.39 is 0 Å². The van der Waals surface area contributed by atoms with Crippen LogP contribution >= 0.6 is 0 Å². The van der Waals surface area contributed by atoms with Crippen LogP contribution in [0.3, 0.4) is 0 Å². The lowest BCUT2D eigenvalue weighted by Gasteiger charge is -2.13. The molecule has 0 aliphatic carbocycles. The fraction of sp³-hybridized carbons (Fsp3) is 1.00. The molecule has 1 rings (SSSR count). The molecular formula is C6H11BO3. The Morgan fingerprint density at radius 2 is 2.50 bits per heavy atom. The van der Waals surface area contributed by atoms with Gasteiger partial charge in [0.05, 0.1) is 12.7 Å². The van der Waals surface area contributed by atoms with Crippen LogP contribution in [0.2, 0.25) is 0 Å². The van der Waals surface area contributed by atoms with Gasteiger partial charge in [0.25, 0.3) is 0 Å². The third-order valence-corrected chi connectivity index (χ3v) is 1.71. The molecule has 0 aromatic heterocycles.